The fraction of sp³-hybridized carbons (Fsp3) is 0.125. The number of rotatable bonds is 7. The molecular weight excluding hydrogens is 414 g/mol. The molecule has 6 nitrogen and oxygen atoms in total. The number of carbonyl (C=O) groups is 3. The first-order valence-electron chi connectivity index (χ1n) is 9.72. The van der Waals surface area contributed by atoms with Crippen molar-refractivity contribution in [3.05, 3.63) is 101 Å². The van der Waals surface area contributed by atoms with Gasteiger partial charge in [-0.1, -0.05) is 54.1 Å². The second-order valence-electron chi connectivity index (χ2n) is 6.90. The summed E-state index contributed by atoms with van der Waals surface area (Å²) >= 11 is 6.00. The number of nitrogens with one attached hydrogen (secondary N) is 3. The lowest BCUT2D eigenvalue weighted by molar-refractivity contribution is -0.120. The van der Waals surface area contributed by atoms with Crippen LogP contribution in [0.4, 0.5) is 5.69 Å². The number of halogens is 1. The Hall–Kier alpha value is -3.64. The number of amides is 3. The highest BCUT2D eigenvalue weighted by molar-refractivity contribution is 6.33. The summed E-state index contributed by atoms with van der Waals surface area (Å²) < 4.78 is 0. The van der Waals surface area contributed by atoms with E-state index >= 15 is 0 Å². The maximum atomic E-state index is 12.3. The Labute approximate surface area is 185 Å². The molecule has 158 valence electrons. The van der Waals surface area contributed by atoms with E-state index in [-0.39, 0.29) is 24.4 Å². The van der Waals surface area contributed by atoms with E-state index in [1.165, 1.54) is 0 Å². The maximum Gasteiger partial charge on any atom is 0.255 e. The van der Waals surface area contributed by atoms with Crippen LogP contribution in [0.2, 0.25) is 5.02 Å². The zero-order valence-electron chi connectivity index (χ0n) is 16.9. The highest BCUT2D eigenvalue weighted by Gasteiger charge is 2.14. The predicted octanol–water partition coefficient (Wildman–Crippen LogP) is 4.20. The summed E-state index contributed by atoms with van der Waals surface area (Å²) in [6, 6.07) is 22.5. The lowest BCUT2D eigenvalue weighted by atomic mass is 10.1. The monoisotopic (exact) mass is 435 g/mol. The first kappa shape index (κ1) is 22.1. The Kier molecular flexibility index (Phi) is 7.40. The Morgan fingerprint density at radius 2 is 1.58 bits per heavy atom. The van der Waals surface area contributed by atoms with Gasteiger partial charge in [0.05, 0.1) is 23.2 Å². The molecule has 0 aliphatic carbocycles. The van der Waals surface area contributed by atoms with Crippen LogP contribution in [0, 0.1) is 0 Å². The van der Waals surface area contributed by atoms with Crippen molar-refractivity contribution in [3.63, 3.8) is 0 Å². The molecule has 3 rings (SSSR count). The van der Waals surface area contributed by atoms with Crippen molar-refractivity contribution >= 4 is 35.0 Å². The summed E-state index contributed by atoms with van der Waals surface area (Å²) in [4.78, 5) is 36.8. The van der Waals surface area contributed by atoms with Crippen molar-refractivity contribution in [2.24, 2.45) is 0 Å². The highest BCUT2D eigenvalue weighted by Crippen LogP contribution is 2.18. The average Bonchev–Trinajstić information content (AvgIpc) is 2.78. The summed E-state index contributed by atoms with van der Waals surface area (Å²) in [7, 11) is 0. The van der Waals surface area contributed by atoms with Crippen molar-refractivity contribution in [1.29, 1.82) is 0 Å². The van der Waals surface area contributed by atoms with Gasteiger partial charge in [0.1, 0.15) is 0 Å². The molecule has 31 heavy (non-hydrogen) atoms. The van der Waals surface area contributed by atoms with Crippen molar-refractivity contribution < 1.29 is 14.4 Å². The molecule has 0 bridgehead atoms. The number of hydrogen-bond acceptors (Lipinski definition) is 3. The van der Waals surface area contributed by atoms with E-state index in [0.29, 0.717) is 21.8 Å². The first-order valence-corrected chi connectivity index (χ1v) is 10.1. The van der Waals surface area contributed by atoms with Gasteiger partial charge in [-0.15, -0.1) is 0 Å². The maximum absolute atomic E-state index is 12.3. The van der Waals surface area contributed by atoms with Crippen LogP contribution < -0.4 is 16.0 Å². The van der Waals surface area contributed by atoms with Gasteiger partial charge in [0.2, 0.25) is 5.91 Å². The van der Waals surface area contributed by atoms with E-state index in [1.54, 1.807) is 66.7 Å². The summed E-state index contributed by atoms with van der Waals surface area (Å²) in [5.74, 6) is -0.970. The fourth-order valence-electron chi connectivity index (χ4n) is 2.96. The molecular formula is C24H22ClN3O3. The van der Waals surface area contributed by atoms with E-state index < -0.39 is 5.91 Å². The number of carbonyl (C=O) groups excluding carboxylic acids is 3. The Morgan fingerprint density at radius 1 is 0.871 bits per heavy atom. The Morgan fingerprint density at radius 3 is 2.32 bits per heavy atom. The first-order chi connectivity index (χ1) is 14.9. The van der Waals surface area contributed by atoms with Gasteiger partial charge in [0, 0.05) is 11.3 Å². The summed E-state index contributed by atoms with van der Waals surface area (Å²) in [6.07, 6.45) is 0. The number of hydrogen-bond donors (Lipinski definition) is 3. The molecule has 3 amide bonds. The second kappa shape index (κ2) is 10.4. The molecule has 0 aliphatic heterocycles. The molecule has 0 saturated carbocycles. The van der Waals surface area contributed by atoms with E-state index in [9.17, 15) is 14.4 Å². The van der Waals surface area contributed by atoms with Crippen LogP contribution in [-0.4, -0.2) is 24.3 Å². The van der Waals surface area contributed by atoms with Crippen LogP contribution in [0.25, 0.3) is 0 Å². The summed E-state index contributed by atoms with van der Waals surface area (Å²) in [6.45, 7) is 1.64. The third-order valence-electron chi connectivity index (χ3n) is 4.59. The SMILES string of the molecule is CC(NC(=O)CNC(=O)c1ccccc1Cl)c1cccc(NC(=O)c2ccccc2)c1. The molecule has 3 N–H and O–H groups in total. The highest BCUT2D eigenvalue weighted by atomic mass is 35.5. The summed E-state index contributed by atoms with van der Waals surface area (Å²) in [5.41, 5.74) is 2.31. The molecule has 0 radical (unpaired) electrons. The lowest BCUT2D eigenvalue weighted by Crippen LogP contribution is -2.38. The zero-order valence-corrected chi connectivity index (χ0v) is 17.6. The average molecular weight is 436 g/mol. The molecule has 3 aromatic rings. The molecule has 1 atom stereocenters. The second-order valence-corrected chi connectivity index (χ2v) is 7.30. The minimum Gasteiger partial charge on any atom is -0.348 e. The van der Waals surface area contributed by atoms with Crippen molar-refractivity contribution in [3.8, 4) is 0 Å². The van der Waals surface area contributed by atoms with Crippen LogP contribution in [0.5, 0.6) is 0 Å². The van der Waals surface area contributed by atoms with Gasteiger partial charge < -0.3 is 16.0 Å². The van der Waals surface area contributed by atoms with Gasteiger partial charge in [-0.25, -0.2) is 0 Å². The molecule has 3 aromatic carbocycles. The smallest absolute Gasteiger partial charge is 0.255 e. The van der Waals surface area contributed by atoms with Gasteiger partial charge in [-0.2, -0.15) is 0 Å². The molecule has 0 aliphatic rings. The van der Waals surface area contributed by atoms with Gasteiger partial charge in [0.25, 0.3) is 11.8 Å². The van der Waals surface area contributed by atoms with Gasteiger partial charge >= 0.3 is 0 Å². The van der Waals surface area contributed by atoms with E-state index in [2.05, 4.69) is 16.0 Å². The van der Waals surface area contributed by atoms with Crippen LogP contribution in [0.1, 0.15) is 39.2 Å². The molecule has 0 fully saturated rings. The molecule has 0 heterocycles. The normalized spacial score (nSPS) is 11.3. The quantitative estimate of drug-likeness (QED) is 0.519. The molecule has 0 saturated heterocycles. The minimum absolute atomic E-state index is 0.182. The minimum atomic E-state index is -0.418. The van der Waals surface area contributed by atoms with Crippen LogP contribution >= 0.6 is 11.6 Å². The van der Waals surface area contributed by atoms with Crippen LogP contribution in [0.15, 0.2) is 78.9 Å². The van der Waals surface area contributed by atoms with Crippen molar-refractivity contribution in [2.75, 3.05) is 11.9 Å². The van der Waals surface area contributed by atoms with Gasteiger partial charge in [-0.05, 0) is 48.9 Å². The third-order valence-corrected chi connectivity index (χ3v) is 4.92. The predicted molar refractivity (Wildman–Crippen MR) is 121 cm³/mol. The van der Waals surface area contributed by atoms with E-state index in [0.717, 1.165) is 5.56 Å². The van der Waals surface area contributed by atoms with Gasteiger partial charge in [0.15, 0.2) is 0 Å². The van der Waals surface area contributed by atoms with E-state index in [1.807, 2.05) is 19.1 Å². The van der Waals surface area contributed by atoms with Crippen LogP contribution in [0.3, 0.4) is 0 Å². The topological polar surface area (TPSA) is 87.3 Å². The lowest BCUT2D eigenvalue weighted by Gasteiger charge is -2.16. The summed E-state index contributed by atoms with van der Waals surface area (Å²) in [5, 5.41) is 8.56. The van der Waals surface area contributed by atoms with Crippen molar-refractivity contribution in [1.82, 2.24) is 10.6 Å². The fourth-order valence-corrected chi connectivity index (χ4v) is 3.18. The number of benzene rings is 3. The molecule has 1 unspecified atom stereocenters. The standard InChI is InChI=1S/C24H22ClN3O3/c1-16(27-22(29)15-26-24(31)20-12-5-6-13-21(20)25)18-10-7-11-19(14-18)28-23(30)17-8-3-2-4-9-17/h2-14,16H,15H2,1H3,(H,26,31)(H,27,29)(H,28,30). The Bertz CT molecular complexity index is 1090. The molecule has 0 aromatic heterocycles. The Balaban J connectivity index is 1.55. The zero-order chi connectivity index (χ0) is 22.2. The van der Waals surface area contributed by atoms with Gasteiger partial charge in [-0.3, -0.25) is 14.4 Å². The molecule has 0 spiro atoms. The number of anilines is 1. The van der Waals surface area contributed by atoms with Crippen LogP contribution in [-0.2, 0) is 4.79 Å². The van der Waals surface area contributed by atoms with E-state index in [4.69, 9.17) is 11.6 Å². The van der Waals surface area contributed by atoms with Crippen molar-refractivity contribution in [2.45, 2.75) is 13.0 Å². The largest absolute Gasteiger partial charge is 0.348 e. The molecule has 7 heteroatoms. The third kappa shape index (κ3) is 6.17.